The number of nitrogens with zero attached hydrogens (tertiary/aromatic N) is 1. The number of hydrogen-bond acceptors (Lipinski definition) is 2. The first-order valence-corrected chi connectivity index (χ1v) is 6.42. The van der Waals surface area contributed by atoms with Gasteiger partial charge in [-0.2, -0.15) is 0 Å². The molecule has 0 saturated heterocycles. The lowest BCUT2D eigenvalue weighted by molar-refractivity contribution is -0.141. The Hall–Kier alpha value is -1.72. The molecule has 0 bridgehead atoms. The Labute approximate surface area is 114 Å². The van der Waals surface area contributed by atoms with Crippen molar-refractivity contribution in [3.63, 3.8) is 0 Å². The highest BCUT2D eigenvalue weighted by Crippen LogP contribution is 2.61. The molecule has 1 fully saturated rings. The van der Waals surface area contributed by atoms with Crippen molar-refractivity contribution in [3.8, 4) is 5.75 Å². The zero-order valence-electron chi connectivity index (χ0n) is 11.0. The summed E-state index contributed by atoms with van der Waals surface area (Å²) < 4.78 is 45.8. The van der Waals surface area contributed by atoms with Gasteiger partial charge in [0.15, 0.2) is 0 Å². The summed E-state index contributed by atoms with van der Waals surface area (Å²) in [6.45, 7) is 1.57. The van der Waals surface area contributed by atoms with E-state index in [-0.39, 0.29) is 25.3 Å². The minimum atomic E-state index is -2.96. The molecule has 108 valence electrons. The third-order valence-electron chi connectivity index (χ3n) is 4.06. The minimum Gasteiger partial charge on any atom is -0.491 e. The smallest absolute Gasteiger partial charge is 0.263 e. The maximum atomic E-state index is 13.8. The van der Waals surface area contributed by atoms with Crippen LogP contribution in [0.5, 0.6) is 5.75 Å². The van der Waals surface area contributed by atoms with Crippen LogP contribution < -0.4 is 4.74 Å². The number of ether oxygens (including phenoxy) is 1. The third kappa shape index (κ3) is 1.85. The second kappa shape index (κ2) is 4.14. The predicted octanol–water partition coefficient (Wildman–Crippen LogP) is 2.59. The fourth-order valence-corrected chi connectivity index (χ4v) is 2.52. The van der Waals surface area contributed by atoms with Crippen molar-refractivity contribution in [2.24, 2.45) is 5.41 Å². The summed E-state index contributed by atoms with van der Waals surface area (Å²) in [5, 5.41) is 0. The molecule has 1 atom stereocenters. The molecule has 2 aliphatic rings. The van der Waals surface area contributed by atoms with Crippen molar-refractivity contribution in [2.45, 2.75) is 25.8 Å². The van der Waals surface area contributed by atoms with E-state index in [1.54, 1.807) is 6.07 Å². The Kier molecular flexibility index (Phi) is 2.74. The highest BCUT2D eigenvalue weighted by molar-refractivity contribution is 5.87. The standard InChI is InChI=1S/C14H14F3NO2/c1-13(8-14(13,16)17)12(19)18-5-6-20-11-4-2-3-10(15)9(11)7-18/h2-4H,5-8H2,1H3. The first-order valence-electron chi connectivity index (χ1n) is 6.42. The normalized spacial score (nSPS) is 27.3. The lowest BCUT2D eigenvalue weighted by Gasteiger charge is -2.23. The van der Waals surface area contributed by atoms with Crippen molar-refractivity contribution < 1.29 is 22.7 Å². The molecule has 1 saturated carbocycles. The summed E-state index contributed by atoms with van der Waals surface area (Å²) >= 11 is 0. The topological polar surface area (TPSA) is 29.5 Å². The van der Waals surface area contributed by atoms with Gasteiger partial charge in [0.25, 0.3) is 5.92 Å². The molecule has 20 heavy (non-hydrogen) atoms. The average molecular weight is 285 g/mol. The van der Waals surface area contributed by atoms with Gasteiger partial charge in [-0.1, -0.05) is 6.07 Å². The number of alkyl halides is 2. The maximum absolute atomic E-state index is 13.8. The zero-order chi connectivity index (χ0) is 14.5. The summed E-state index contributed by atoms with van der Waals surface area (Å²) in [5.41, 5.74) is -1.41. The number of halogens is 3. The Bertz CT molecular complexity index is 576. The number of fused-ring (bicyclic) bond motifs is 1. The Morgan fingerprint density at radius 1 is 1.40 bits per heavy atom. The Balaban J connectivity index is 1.87. The summed E-state index contributed by atoms with van der Waals surface area (Å²) in [6, 6.07) is 4.39. The van der Waals surface area contributed by atoms with Crippen LogP contribution in [0.3, 0.4) is 0 Å². The summed E-state index contributed by atoms with van der Waals surface area (Å²) in [5.74, 6) is -3.72. The largest absolute Gasteiger partial charge is 0.491 e. The van der Waals surface area contributed by atoms with Gasteiger partial charge in [0.2, 0.25) is 5.91 Å². The van der Waals surface area contributed by atoms with Gasteiger partial charge in [0.05, 0.1) is 13.1 Å². The van der Waals surface area contributed by atoms with E-state index in [0.29, 0.717) is 5.75 Å². The number of amides is 1. The molecule has 6 heteroatoms. The van der Waals surface area contributed by atoms with E-state index >= 15 is 0 Å². The molecule has 0 spiro atoms. The van der Waals surface area contributed by atoms with E-state index in [1.807, 2.05) is 0 Å². The van der Waals surface area contributed by atoms with E-state index in [0.717, 1.165) is 0 Å². The van der Waals surface area contributed by atoms with Crippen LogP contribution in [0.1, 0.15) is 18.9 Å². The van der Waals surface area contributed by atoms with Crippen LogP contribution in [-0.2, 0) is 11.3 Å². The van der Waals surface area contributed by atoms with Crippen molar-refractivity contribution in [1.29, 1.82) is 0 Å². The average Bonchev–Trinajstić information content (AvgIpc) is 2.99. The monoisotopic (exact) mass is 285 g/mol. The number of carbonyl (C=O) groups is 1. The molecule has 1 aromatic rings. The number of benzene rings is 1. The molecular formula is C14H14F3NO2. The molecule has 1 heterocycles. The molecule has 1 aromatic carbocycles. The summed E-state index contributed by atoms with van der Waals surface area (Å²) in [7, 11) is 0. The van der Waals surface area contributed by atoms with Crippen molar-refractivity contribution >= 4 is 5.91 Å². The summed E-state index contributed by atoms with van der Waals surface area (Å²) in [4.78, 5) is 13.5. The van der Waals surface area contributed by atoms with Crippen LogP contribution in [0.25, 0.3) is 0 Å². The Morgan fingerprint density at radius 2 is 2.10 bits per heavy atom. The second-order valence-corrected chi connectivity index (χ2v) is 5.51. The number of rotatable bonds is 1. The van der Waals surface area contributed by atoms with Crippen LogP contribution >= 0.6 is 0 Å². The van der Waals surface area contributed by atoms with E-state index in [9.17, 15) is 18.0 Å². The van der Waals surface area contributed by atoms with Crippen molar-refractivity contribution in [2.75, 3.05) is 13.2 Å². The minimum absolute atomic E-state index is 0.0352. The van der Waals surface area contributed by atoms with Crippen LogP contribution in [0.4, 0.5) is 13.2 Å². The van der Waals surface area contributed by atoms with Crippen LogP contribution in [0.2, 0.25) is 0 Å². The quantitative estimate of drug-likeness (QED) is 0.793. The SMILES string of the molecule is CC1(C(=O)N2CCOc3cccc(F)c3C2)CC1(F)F. The van der Waals surface area contributed by atoms with Gasteiger partial charge in [-0.3, -0.25) is 4.79 Å². The lowest BCUT2D eigenvalue weighted by atomic mass is 10.1. The van der Waals surface area contributed by atoms with E-state index in [4.69, 9.17) is 4.74 Å². The van der Waals surface area contributed by atoms with E-state index in [1.165, 1.54) is 24.0 Å². The van der Waals surface area contributed by atoms with Crippen LogP contribution in [0.15, 0.2) is 18.2 Å². The molecular weight excluding hydrogens is 271 g/mol. The molecule has 0 N–H and O–H groups in total. The van der Waals surface area contributed by atoms with Gasteiger partial charge in [-0.25, -0.2) is 13.2 Å². The highest BCUT2D eigenvalue weighted by Gasteiger charge is 2.73. The molecule has 1 unspecified atom stereocenters. The van der Waals surface area contributed by atoms with Gasteiger partial charge in [-0.15, -0.1) is 0 Å². The molecule has 1 aliphatic carbocycles. The van der Waals surface area contributed by atoms with Gasteiger partial charge >= 0.3 is 0 Å². The first kappa shape index (κ1) is 13.3. The molecule has 3 nitrogen and oxygen atoms in total. The third-order valence-corrected chi connectivity index (χ3v) is 4.06. The van der Waals surface area contributed by atoms with Gasteiger partial charge in [0, 0.05) is 12.0 Å². The second-order valence-electron chi connectivity index (χ2n) is 5.51. The molecule has 1 amide bonds. The van der Waals surface area contributed by atoms with Gasteiger partial charge < -0.3 is 9.64 Å². The summed E-state index contributed by atoms with van der Waals surface area (Å²) in [6.07, 6.45) is -0.444. The predicted molar refractivity (Wildman–Crippen MR) is 65.0 cm³/mol. The highest BCUT2D eigenvalue weighted by atomic mass is 19.3. The van der Waals surface area contributed by atoms with E-state index < -0.39 is 29.5 Å². The molecule has 1 aliphatic heterocycles. The van der Waals surface area contributed by atoms with Crippen molar-refractivity contribution in [1.82, 2.24) is 4.90 Å². The first-order chi connectivity index (χ1) is 9.35. The fourth-order valence-electron chi connectivity index (χ4n) is 2.52. The molecule has 0 aromatic heterocycles. The Morgan fingerprint density at radius 3 is 2.75 bits per heavy atom. The van der Waals surface area contributed by atoms with Crippen molar-refractivity contribution in [3.05, 3.63) is 29.6 Å². The van der Waals surface area contributed by atoms with Gasteiger partial charge in [0.1, 0.15) is 23.6 Å². The fraction of sp³-hybridized carbons (Fsp3) is 0.500. The van der Waals surface area contributed by atoms with E-state index in [2.05, 4.69) is 0 Å². The molecule has 3 rings (SSSR count). The number of hydrogen-bond donors (Lipinski definition) is 0. The lowest BCUT2D eigenvalue weighted by Crippen LogP contribution is -2.39. The van der Waals surface area contributed by atoms with Gasteiger partial charge in [-0.05, 0) is 19.1 Å². The zero-order valence-corrected chi connectivity index (χ0v) is 11.0. The maximum Gasteiger partial charge on any atom is 0.263 e. The van der Waals surface area contributed by atoms with Crippen LogP contribution in [0, 0.1) is 11.2 Å². The molecule has 0 radical (unpaired) electrons. The number of carbonyl (C=O) groups excluding carboxylic acids is 1. The van der Waals surface area contributed by atoms with Crippen LogP contribution in [-0.4, -0.2) is 29.9 Å².